The number of aliphatic hydroxyl groups is 1. The van der Waals surface area contributed by atoms with E-state index < -0.39 is 5.60 Å². The highest BCUT2D eigenvalue weighted by molar-refractivity contribution is 5.42. The predicted octanol–water partition coefficient (Wildman–Crippen LogP) is 3.42. The van der Waals surface area contributed by atoms with E-state index in [1.807, 2.05) is 13.0 Å². The van der Waals surface area contributed by atoms with Gasteiger partial charge in [-0.25, -0.2) is 0 Å². The van der Waals surface area contributed by atoms with Crippen LogP contribution in [0.25, 0.3) is 0 Å². The highest BCUT2D eigenvalue weighted by atomic mass is 16.3. The molecule has 0 bridgehead atoms. The smallest absolute Gasteiger partial charge is 0.0722 e. The molecular formula is C15H23NO. The van der Waals surface area contributed by atoms with Crippen LogP contribution in [0.1, 0.15) is 52.9 Å². The largest absolute Gasteiger partial charge is 0.390 e. The molecule has 0 unspecified atom stereocenters. The first-order chi connectivity index (χ1) is 7.83. The van der Waals surface area contributed by atoms with Gasteiger partial charge in [0.15, 0.2) is 0 Å². The van der Waals surface area contributed by atoms with Gasteiger partial charge >= 0.3 is 0 Å². The van der Waals surface area contributed by atoms with E-state index in [1.54, 1.807) is 0 Å². The fourth-order valence-corrected chi connectivity index (χ4v) is 4.96. The van der Waals surface area contributed by atoms with Crippen molar-refractivity contribution in [3.63, 3.8) is 0 Å². The van der Waals surface area contributed by atoms with Crippen molar-refractivity contribution in [1.29, 1.82) is 5.26 Å². The van der Waals surface area contributed by atoms with Crippen molar-refractivity contribution in [3.8, 4) is 6.07 Å². The lowest BCUT2D eigenvalue weighted by atomic mass is 9.76. The Kier molecular flexibility index (Phi) is 2.50. The van der Waals surface area contributed by atoms with Crippen LogP contribution in [0, 0.1) is 27.6 Å². The Balaban J connectivity index is 2.34. The van der Waals surface area contributed by atoms with Crippen LogP contribution in [-0.4, -0.2) is 10.7 Å². The molecule has 2 rings (SSSR count). The third-order valence-corrected chi connectivity index (χ3v) is 5.86. The van der Waals surface area contributed by atoms with Gasteiger partial charge in [-0.3, -0.25) is 0 Å². The number of nitriles is 1. The van der Waals surface area contributed by atoms with Crippen LogP contribution in [0.15, 0.2) is 12.7 Å². The molecule has 2 nitrogen and oxygen atoms in total. The zero-order valence-electron chi connectivity index (χ0n) is 11.2. The Morgan fingerprint density at radius 2 is 2.00 bits per heavy atom. The van der Waals surface area contributed by atoms with Crippen molar-refractivity contribution in [2.75, 3.05) is 0 Å². The summed E-state index contributed by atoms with van der Waals surface area (Å²) in [6.45, 7) is 9.97. The lowest BCUT2D eigenvalue weighted by Gasteiger charge is -2.33. The summed E-state index contributed by atoms with van der Waals surface area (Å²) >= 11 is 0. The number of hydrogen-bond acceptors (Lipinski definition) is 2. The van der Waals surface area contributed by atoms with Gasteiger partial charge < -0.3 is 5.11 Å². The van der Waals surface area contributed by atoms with E-state index in [4.69, 9.17) is 0 Å². The molecule has 0 aromatic heterocycles. The van der Waals surface area contributed by atoms with E-state index in [-0.39, 0.29) is 16.2 Å². The van der Waals surface area contributed by atoms with E-state index in [9.17, 15) is 10.4 Å². The van der Waals surface area contributed by atoms with Crippen molar-refractivity contribution < 1.29 is 5.11 Å². The van der Waals surface area contributed by atoms with Crippen LogP contribution in [0.2, 0.25) is 0 Å². The number of rotatable bonds is 4. The van der Waals surface area contributed by atoms with Gasteiger partial charge in [0, 0.05) is 5.41 Å². The van der Waals surface area contributed by atoms with Gasteiger partial charge in [-0.05, 0) is 44.4 Å². The molecular weight excluding hydrogens is 210 g/mol. The summed E-state index contributed by atoms with van der Waals surface area (Å²) in [6.07, 6.45) is 6.45. The van der Waals surface area contributed by atoms with E-state index in [0.29, 0.717) is 0 Å². The zero-order chi connectivity index (χ0) is 12.9. The molecule has 2 saturated carbocycles. The van der Waals surface area contributed by atoms with Crippen LogP contribution < -0.4 is 0 Å². The molecule has 0 aromatic rings. The van der Waals surface area contributed by atoms with Crippen molar-refractivity contribution in [2.24, 2.45) is 16.2 Å². The molecule has 2 heteroatoms. The Morgan fingerprint density at radius 3 is 2.47 bits per heavy atom. The molecule has 0 saturated heterocycles. The molecule has 0 aliphatic heterocycles. The zero-order valence-corrected chi connectivity index (χ0v) is 11.2. The number of hydrogen-bond donors (Lipinski definition) is 1. The van der Waals surface area contributed by atoms with Crippen LogP contribution in [0.3, 0.4) is 0 Å². The SMILES string of the molecule is C=CCCC[C@]12C(C)(C)[C@@]1(C#N)CC[C@@]2(C)O. The Labute approximate surface area is 104 Å². The molecule has 2 fully saturated rings. The first-order valence-electron chi connectivity index (χ1n) is 6.57. The molecule has 2 aliphatic carbocycles. The fourth-order valence-electron chi connectivity index (χ4n) is 4.96. The fraction of sp³-hybridized carbons (Fsp3) is 0.800. The Hall–Kier alpha value is -0.810. The van der Waals surface area contributed by atoms with Crippen molar-refractivity contribution in [2.45, 2.75) is 58.5 Å². The molecule has 94 valence electrons. The monoisotopic (exact) mass is 233 g/mol. The van der Waals surface area contributed by atoms with Gasteiger partial charge in [-0.2, -0.15) is 5.26 Å². The van der Waals surface area contributed by atoms with Crippen LogP contribution in [0.4, 0.5) is 0 Å². The molecule has 2 aliphatic rings. The summed E-state index contributed by atoms with van der Waals surface area (Å²) in [5.41, 5.74) is -1.25. The minimum atomic E-state index is -0.687. The van der Waals surface area contributed by atoms with Gasteiger partial charge in [0.25, 0.3) is 0 Å². The highest BCUT2D eigenvalue weighted by Crippen LogP contribution is 2.89. The molecule has 0 aromatic carbocycles. The van der Waals surface area contributed by atoms with E-state index >= 15 is 0 Å². The maximum absolute atomic E-state index is 10.7. The standard InChI is InChI=1S/C15H23NO/c1-5-6-7-8-15-12(2,3)14(15,11-16)10-9-13(15,4)17/h5,17H,1,6-10H2,2-4H3/t13-,14+,15-/m1/s1. The van der Waals surface area contributed by atoms with Crippen molar-refractivity contribution >= 4 is 0 Å². The Morgan fingerprint density at radius 1 is 1.35 bits per heavy atom. The van der Waals surface area contributed by atoms with Gasteiger partial charge in [-0.1, -0.05) is 19.9 Å². The normalized spacial score (nSPS) is 46.1. The lowest BCUT2D eigenvalue weighted by molar-refractivity contribution is -0.0312. The number of nitrogens with zero attached hydrogens (tertiary/aromatic N) is 1. The second kappa shape index (κ2) is 3.36. The maximum Gasteiger partial charge on any atom is 0.0722 e. The lowest BCUT2D eigenvalue weighted by Crippen LogP contribution is -2.37. The van der Waals surface area contributed by atoms with Crippen LogP contribution >= 0.6 is 0 Å². The molecule has 0 heterocycles. The molecule has 1 N–H and O–H groups in total. The molecule has 0 spiro atoms. The predicted molar refractivity (Wildman–Crippen MR) is 68.2 cm³/mol. The molecule has 0 radical (unpaired) electrons. The second-order valence-electron chi connectivity index (χ2n) is 6.50. The van der Waals surface area contributed by atoms with E-state index in [0.717, 1.165) is 32.1 Å². The van der Waals surface area contributed by atoms with Gasteiger partial charge in [0.1, 0.15) is 0 Å². The maximum atomic E-state index is 10.7. The minimum Gasteiger partial charge on any atom is -0.390 e. The topological polar surface area (TPSA) is 44.0 Å². The third-order valence-electron chi connectivity index (χ3n) is 5.86. The molecule has 17 heavy (non-hydrogen) atoms. The van der Waals surface area contributed by atoms with Crippen molar-refractivity contribution in [1.82, 2.24) is 0 Å². The number of unbranched alkanes of at least 4 members (excludes halogenated alkanes) is 1. The highest BCUT2D eigenvalue weighted by Gasteiger charge is 2.89. The quantitative estimate of drug-likeness (QED) is 0.597. The summed E-state index contributed by atoms with van der Waals surface area (Å²) in [7, 11) is 0. The van der Waals surface area contributed by atoms with Gasteiger partial charge in [-0.15, -0.1) is 6.58 Å². The average Bonchev–Trinajstić information content (AvgIpc) is 2.53. The number of allylic oxidation sites excluding steroid dienone is 1. The van der Waals surface area contributed by atoms with E-state index in [2.05, 4.69) is 26.5 Å². The molecule has 0 amide bonds. The van der Waals surface area contributed by atoms with Crippen LogP contribution in [-0.2, 0) is 0 Å². The van der Waals surface area contributed by atoms with Crippen LogP contribution in [0.5, 0.6) is 0 Å². The van der Waals surface area contributed by atoms with Gasteiger partial charge in [0.2, 0.25) is 0 Å². The first kappa shape index (κ1) is 12.6. The first-order valence-corrected chi connectivity index (χ1v) is 6.57. The summed E-state index contributed by atoms with van der Waals surface area (Å²) in [5.74, 6) is 0. The summed E-state index contributed by atoms with van der Waals surface area (Å²) < 4.78 is 0. The third kappa shape index (κ3) is 1.09. The van der Waals surface area contributed by atoms with E-state index in [1.165, 1.54) is 0 Å². The second-order valence-corrected chi connectivity index (χ2v) is 6.50. The summed E-state index contributed by atoms with van der Waals surface area (Å²) in [4.78, 5) is 0. The molecule has 3 atom stereocenters. The summed E-state index contributed by atoms with van der Waals surface area (Å²) in [5, 5.41) is 20.3. The average molecular weight is 233 g/mol. The van der Waals surface area contributed by atoms with Gasteiger partial charge in [0.05, 0.1) is 17.1 Å². The number of fused-ring (bicyclic) bond motifs is 1. The Bertz CT molecular complexity index is 390. The van der Waals surface area contributed by atoms with Crippen molar-refractivity contribution in [3.05, 3.63) is 12.7 Å². The minimum absolute atomic E-state index is 0.0579. The summed E-state index contributed by atoms with van der Waals surface area (Å²) in [6, 6.07) is 2.54.